The maximum atomic E-state index is 12.2. The Balaban J connectivity index is 2.30. The van der Waals surface area contributed by atoms with Gasteiger partial charge in [-0.05, 0) is 31.0 Å². The lowest BCUT2D eigenvalue weighted by molar-refractivity contribution is 0.0856. The van der Waals surface area contributed by atoms with Crippen molar-refractivity contribution in [2.45, 2.75) is 23.8 Å². The second-order valence-corrected chi connectivity index (χ2v) is 6.97. The summed E-state index contributed by atoms with van der Waals surface area (Å²) in [7, 11) is -0.354. The molecule has 0 spiro atoms. The number of carbonyl (C=O) groups excluding carboxylic acids is 1. The molecule has 1 amide bonds. The summed E-state index contributed by atoms with van der Waals surface area (Å²) in [5.41, 5.74) is 2.78. The van der Waals surface area contributed by atoms with Crippen LogP contribution < -0.4 is 10.1 Å². The highest BCUT2D eigenvalue weighted by Gasteiger charge is 2.29. The third-order valence-corrected chi connectivity index (χ3v) is 4.71. The number of benzene rings is 1. The van der Waals surface area contributed by atoms with Crippen LogP contribution in [0.15, 0.2) is 23.1 Å². The Morgan fingerprint density at radius 3 is 2.55 bits per heavy atom. The molecule has 110 valence electrons. The number of carbonyl (C=O) groups is 1. The molecular weight excluding hydrogens is 302 g/mol. The Kier molecular flexibility index (Phi) is 4.33. The number of amides is 1. The van der Waals surface area contributed by atoms with Crippen molar-refractivity contribution >= 4 is 27.5 Å². The van der Waals surface area contributed by atoms with Crippen molar-refractivity contribution in [3.63, 3.8) is 0 Å². The molecule has 1 aromatic rings. The number of hydrogen-bond acceptors (Lipinski definition) is 4. The zero-order chi connectivity index (χ0) is 14.9. The lowest BCUT2D eigenvalue weighted by atomic mass is 10.2. The summed E-state index contributed by atoms with van der Waals surface area (Å²) >= 11 is 5.93. The molecule has 0 radical (unpaired) electrons. The van der Waals surface area contributed by atoms with Gasteiger partial charge in [-0.25, -0.2) is 18.1 Å². The standard InChI is InChI=1S/C12H16ClN3O3S/c1-16(2)14-12(17)8-3-6-10(13)11(7-8)20(18,19)15-9-4-5-9/h3,6-7,9,15H,4-5H2,1-2H3,(H,14,17). The minimum Gasteiger partial charge on any atom is -0.285 e. The van der Waals surface area contributed by atoms with Crippen LogP contribution in [-0.2, 0) is 10.0 Å². The fourth-order valence-electron chi connectivity index (χ4n) is 1.60. The van der Waals surface area contributed by atoms with Crippen molar-refractivity contribution in [3.8, 4) is 0 Å². The Bertz CT molecular complexity index is 627. The van der Waals surface area contributed by atoms with Gasteiger partial charge in [-0.3, -0.25) is 10.2 Å². The highest BCUT2D eigenvalue weighted by molar-refractivity contribution is 7.89. The summed E-state index contributed by atoms with van der Waals surface area (Å²) in [5, 5.41) is 1.58. The first-order valence-electron chi connectivity index (χ1n) is 6.10. The van der Waals surface area contributed by atoms with Crippen LogP contribution in [0.25, 0.3) is 0 Å². The molecule has 0 saturated heterocycles. The minimum absolute atomic E-state index is 0.0182. The molecule has 20 heavy (non-hydrogen) atoms. The van der Waals surface area contributed by atoms with Gasteiger partial charge in [0.2, 0.25) is 10.0 Å². The zero-order valence-corrected chi connectivity index (χ0v) is 12.8. The molecule has 1 aromatic carbocycles. The zero-order valence-electron chi connectivity index (χ0n) is 11.2. The second-order valence-electron chi connectivity index (χ2n) is 4.88. The average molecular weight is 318 g/mol. The van der Waals surface area contributed by atoms with Crippen LogP contribution in [0.2, 0.25) is 5.02 Å². The van der Waals surface area contributed by atoms with Gasteiger partial charge in [0.25, 0.3) is 5.91 Å². The summed E-state index contributed by atoms with van der Waals surface area (Å²) < 4.78 is 26.9. The van der Waals surface area contributed by atoms with E-state index in [1.54, 1.807) is 14.1 Å². The monoisotopic (exact) mass is 317 g/mol. The van der Waals surface area contributed by atoms with Gasteiger partial charge < -0.3 is 0 Å². The van der Waals surface area contributed by atoms with E-state index in [2.05, 4.69) is 10.1 Å². The van der Waals surface area contributed by atoms with Crippen molar-refractivity contribution in [2.24, 2.45) is 0 Å². The van der Waals surface area contributed by atoms with E-state index in [1.165, 1.54) is 23.2 Å². The molecule has 0 atom stereocenters. The van der Waals surface area contributed by atoms with Crippen LogP contribution in [0.3, 0.4) is 0 Å². The molecule has 0 unspecified atom stereocenters. The molecule has 1 saturated carbocycles. The van der Waals surface area contributed by atoms with Crippen LogP contribution in [0.5, 0.6) is 0 Å². The van der Waals surface area contributed by atoms with E-state index >= 15 is 0 Å². The van der Waals surface area contributed by atoms with Crippen LogP contribution in [0, 0.1) is 0 Å². The highest BCUT2D eigenvalue weighted by Crippen LogP contribution is 2.26. The first-order valence-corrected chi connectivity index (χ1v) is 7.96. The molecule has 2 N–H and O–H groups in total. The molecule has 1 aliphatic rings. The van der Waals surface area contributed by atoms with Crippen molar-refractivity contribution in [1.82, 2.24) is 15.2 Å². The van der Waals surface area contributed by atoms with E-state index in [1.807, 2.05) is 0 Å². The van der Waals surface area contributed by atoms with E-state index in [0.29, 0.717) is 0 Å². The summed E-state index contributed by atoms with van der Waals surface area (Å²) in [6.45, 7) is 0. The fourth-order valence-corrected chi connectivity index (χ4v) is 3.43. The predicted octanol–water partition coefficient (Wildman–Crippen LogP) is 0.987. The predicted molar refractivity (Wildman–Crippen MR) is 75.9 cm³/mol. The molecule has 2 rings (SSSR count). The largest absolute Gasteiger partial charge is 0.285 e. The number of nitrogens with zero attached hydrogens (tertiary/aromatic N) is 1. The smallest absolute Gasteiger partial charge is 0.265 e. The van der Waals surface area contributed by atoms with Gasteiger partial charge in [-0.2, -0.15) is 0 Å². The molecule has 0 aliphatic heterocycles. The number of sulfonamides is 1. The maximum absolute atomic E-state index is 12.2. The third-order valence-electron chi connectivity index (χ3n) is 2.71. The average Bonchev–Trinajstić information content (AvgIpc) is 3.11. The molecule has 1 fully saturated rings. The SMILES string of the molecule is CN(C)NC(=O)c1ccc(Cl)c(S(=O)(=O)NC2CC2)c1. The quantitative estimate of drug-likeness (QED) is 0.794. The van der Waals surface area contributed by atoms with E-state index in [0.717, 1.165) is 12.8 Å². The lowest BCUT2D eigenvalue weighted by Crippen LogP contribution is -2.36. The summed E-state index contributed by atoms with van der Waals surface area (Å²) in [6, 6.07) is 4.16. The Hall–Kier alpha value is -1.15. The summed E-state index contributed by atoms with van der Waals surface area (Å²) in [6.07, 6.45) is 1.66. The number of nitrogens with one attached hydrogen (secondary N) is 2. The van der Waals surface area contributed by atoms with Gasteiger partial charge in [0.15, 0.2) is 0 Å². The molecule has 0 heterocycles. The summed E-state index contributed by atoms with van der Waals surface area (Å²) in [5.74, 6) is -0.394. The number of hydrazine groups is 1. The van der Waals surface area contributed by atoms with Crippen molar-refractivity contribution in [1.29, 1.82) is 0 Å². The number of halogens is 1. The van der Waals surface area contributed by atoms with Gasteiger partial charge in [0.1, 0.15) is 4.90 Å². The summed E-state index contributed by atoms with van der Waals surface area (Å²) in [4.78, 5) is 11.8. The second kappa shape index (κ2) is 5.69. The van der Waals surface area contributed by atoms with Crippen LogP contribution >= 0.6 is 11.6 Å². The normalized spacial score (nSPS) is 15.4. The third kappa shape index (κ3) is 3.69. The number of rotatable bonds is 5. The van der Waals surface area contributed by atoms with Crippen LogP contribution in [0.4, 0.5) is 0 Å². The first-order chi connectivity index (χ1) is 9.29. The van der Waals surface area contributed by atoms with Crippen molar-refractivity contribution in [2.75, 3.05) is 14.1 Å². The molecule has 0 aromatic heterocycles. The molecular formula is C12H16ClN3O3S. The van der Waals surface area contributed by atoms with E-state index < -0.39 is 15.9 Å². The first kappa shape index (κ1) is 15.2. The Morgan fingerprint density at radius 1 is 1.35 bits per heavy atom. The van der Waals surface area contributed by atoms with Gasteiger partial charge in [0, 0.05) is 25.7 Å². The van der Waals surface area contributed by atoms with Gasteiger partial charge in [-0.15, -0.1) is 0 Å². The van der Waals surface area contributed by atoms with E-state index in [4.69, 9.17) is 11.6 Å². The Morgan fingerprint density at radius 2 is 2.00 bits per heavy atom. The fraction of sp³-hybridized carbons (Fsp3) is 0.417. The number of hydrogen-bond donors (Lipinski definition) is 2. The Labute approximate surface area is 123 Å². The van der Waals surface area contributed by atoms with Crippen LogP contribution in [0.1, 0.15) is 23.2 Å². The highest BCUT2D eigenvalue weighted by atomic mass is 35.5. The van der Waals surface area contributed by atoms with Crippen molar-refractivity contribution in [3.05, 3.63) is 28.8 Å². The maximum Gasteiger partial charge on any atom is 0.265 e. The topological polar surface area (TPSA) is 78.5 Å². The molecule has 6 nitrogen and oxygen atoms in total. The van der Waals surface area contributed by atoms with E-state index in [-0.39, 0.29) is 21.5 Å². The minimum atomic E-state index is -3.69. The van der Waals surface area contributed by atoms with Crippen molar-refractivity contribution < 1.29 is 13.2 Å². The molecule has 0 bridgehead atoms. The van der Waals surface area contributed by atoms with Gasteiger partial charge in [-0.1, -0.05) is 11.6 Å². The van der Waals surface area contributed by atoms with Crippen LogP contribution in [-0.4, -0.2) is 39.5 Å². The van der Waals surface area contributed by atoms with Gasteiger partial charge >= 0.3 is 0 Å². The van der Waals surface area contributed by atoms with E-state index in [9.17, 15) is 13.2 Å². The van der Waals surface area contributed by atoms with Gasteiger partial charge in [0.05, 0.1) is 5.02 Å². The molecule has 8 heteroatoms. The lowest BCUT2D eigenvalue weighted by Gasteiger charge is -2.13. The molecule has 1 aliphatic carbocycles.